The third-order valence-electron chi connectivity index (χ3n) is 11.4. The SMILES string of the molecule is CC(C)Cc1ccc(N(c2ccccc2)c2ccc3c(c2)C(C)(C)c2c-3c(N(c3ccccc3)c3ccc(CC(C)C)cc3)cc3c2oc2ccccc23)cc1. The molecule has 3 nitrogen and oxygen atoms in total. The van der Waals surface area contributed by atoms with E-state index in [1.165, 1.54) is 33.4 Å². The summed E-state index contributed by atoms with van der Waals surface area (Å²) in [5.41, 5.74) is 16.0. The molecule has 0 aliphatic heterocycles. The fourth-order valence-corrected chi connectivity index (χ4v) is 8.96. The van der Waals surface area contributed by atoms with Gasteiger partial charge >= 0.3 is 0 Å². The van der Waals surface area contributed by atoms with Gasteiger partial charge in [0.1, 0.15) is 11.2 Å². The number of nitrogens with zero attached hydrogens (tertiary/aromatic N) is 2. The van der Waals surface area contributed by atoms with Crippen molar-refractivity contribution < 1.29 is 4.42 Å². The maximum Gasteiger partial charge on any atom is 0.140 e. The van der Waals surface area contributed by atoms with Gasteiger partial charge < -0.3 is 14.2 Å². The summed E-state index contributed by atoms with van der Waals surface area (Å²) in [6.45, 7) is 13.9. The lowest BCUT2D eigenvalue weighted by atomic mass is 9.81. The molecule has 0 fully saturated rings. The topological polar surface area (TPSA) is 19.6 Å². The number of anilines is 6. The molecule has 1 aliphatic rings. The minimum atomic E-state index is -0.365. The maximum absolute atomic E-state index is 6.89. The maximum atomic E-state index is 6.89. The molecule has 278 valence electrons. The number of fused-ring (bicyclic) bond motifs is 7. The van der Waals surface area contributed by atoms with Crippen molar-refractivity contribution >= 4 is 56.1 Å². The Balaban J connectivity index is 1.28. The van der Waals surface area contributed by atoms with Crippen molar-refractivity contribution in [1.29, 1.82) is 0 Å². The predicted molar refractivity (Wildman–Crippen MR) is 238 cm³/mol. The van der Waals surface area contributed by atoms with Crippen molar-refractivity contribution in [3.05, 3.63) is 180 Å². The fourth-order valence-electron chi connectivity index (χ4n) is 8.96. The lowest BCUT2D eigenvalue weighted by molar-refractivity contribution is 0.620. The van der Waals surface area contributed by atoms with Gasteiger partial charge in [-0.05, 0) is 120 Å². The smallest absolute Gasteiger partial charge is 0.140 e. The van der Waals surface area contributed by atoms with Gasteiger partial charge in [0.2, 0.25) is 0 Å². The molecule has 7 aromatic carbocycles. The van der Waals surface area contributed by atoms with Gasteiger partial charge in [-0.15, -0.1) is 0 Å². The van der Waals surface area contributed by atoms with Crippen LogP contribution in [0.3, 0.4) is 0 Å². The van der Waals surface area contributed by atoms with Crippen LogP contribution >= 0.6 is 0 Å². The quantitative estimate of drug-likeness (QED) is 0.140. The first-order valence-corrected chi connectivity index (χ1v) is 20.2. The number of benzene rings is 7. The summed E-state index contributed by atoms with van der Waals surface area (Å²) >= 11 is 0. The summed E-state index contributed by atoms with van der Waals surface area (Å²) in [4.78, 5) is 4.85. The summed E-state index contributed by atoms with van der Waals surface area (Å²) in [6, 6.07) is 57.8. The highest BCUT2D eigenvalue weighted by Gasteiger charge is 2.42. The van der Waals surface area contributed by atoms with Crippen LogP contribution in [0.15, 0.2) is 162 Å². The highest BCUT2D eigenvalue weighted by molar-refractivity contribution is 6.13. The second-order valence-corrected chi connectivity index (χ2v) is 16.8. The standard InChI is InChI=1S/C53H50N2O/c1-35(2)31-37-21-25-41(26-22-37)54(39-15-9-7-10-16-39)43-29-30-45-47(33-43)53(5,6)51-50(45)48(34-46-44-19-13-14-20-49(44)56-52(46)51)55(40-17-11-8-12-18-40)42-27-23-38(24-28-42)32-36(3)4/h7-30,33-36H,31-32H2,1-6H3. The van der Waals surface area contributed by atoms with Gasteiger partial charge in [0.25, 0.3) is 0 Å². The molecule has 1 aliphatic carbocycles. The van der Waals surface area contributed by atoms with Crippen LogP contribution < -0.4 is 9.80 Å². The minimum absolute atomic E-state index is 0.365. The van der Waals surface area contributed by atoms with Gasteiger partial charge in [0, 0.05) is 55.8 Å². The number of furan rings is 1. The Morgan fingerprint density at radius 3 is 1.59 bits per heavy atom. The summed E-state index contributed by atoms with van der Waals surface area (Å²) < 4.78 is 6.89. The summed E-state index contributed by atoms with van der Waals surface area (Å²) in [7, 11) is 0. The zero-order valence-corrected chi connectivity index (χ0v) is 33.4. The van der Waals surface area contributed by atoms with Crippen LogP contribution in [0, 0.1) is 11.8 Å². The third kappa shape index (κ3) is 6.26. The first kappa shape index (κ1) is 35.6. The number of rotatable bonds is 10. The van der Waals surface area contributed by atoms with E-state index in [1.54, 1.807) is 0 Å². The van der Waals surface area contributed by atoms with E-state index in [9.17, 15) is 0 Å². The molecule has 1 aromatic heterocycles. The molecule has 0 spiro atoms. The lowest BCUT2D eigenvalue weighted by Crippen LogP contribution is -2.17. The molecule has 0 N–H and O–H groups in total. The highest BCUT2D eigenvalue weighted by Crippen LogP contribution is 2.58. The minimum Gasteiger partial charge on any atom is -0.456 e. The second kappa shape index (κ2) is 14.2. The van der Waals surface area contributed by atoms with E-state index in [4.69, 9.17) is 4.42 Å². The van der Waals surface area contributed by atoms with Gasteiger partial charge in [-0.25, -0.2) is 0 Å². The van der Waals surface area contributed by atoms with Crippen molar-refractivity contribution in [3.8, 4) is 11.1 Å². The first-order valence-electron chi connectivity index (χ1n) is 20.2. The Labute approximate surface area is 331 Å². The van der Waals surface area contributed by atoms with Crippen molar-refractivity contribution in [2.24, 2.45) is 11.8 Å². The molecular weight excluding hydrogens is 681 g/mol. The largest absolute Gasteiger partial charge is 0.456 e. The normalized spacial score (nSPS) is 13.1. The van der Waals surface area contributed by atoms with E-state index in [0.29, 0.717) is 11.8 Å². The Kier molecular flexibility index (Phi) is 9.05. The van der Waals surface area contributed by atoms with Crippen LogP contribution in [-0.4, -0.2) is 0 Å². The fraction of sp³-hybridized carbons (Fsp3) is 0.208. The first-order chi connectivity index (χ1) is 27.2. The average molecular weight is 731 g/mol. The Hall–Kier alpha value is -6.06. The van der Waals surface area contributed by atoms with Crippen LogP contribution in [-0.2, 0) is 18.3 Å². The molecule has 8 aromatic rings. The lowest BCUT2D eigenvalue weighted by Gasteiger charge is -2.29. The number of hydrogen-bond donors (Lipinski definition) is 0. The second-order valence-electron chi connectivity index (χ2n) is 16.8. The van der Waals surface area contributed by atoms with E-state index in [1.807, 2.05) is 0 Å². The van der Waals surface area contributed by atoms with Gasteiger partial charge in [-0.3, -0.25) is 0 Å². The van der Waals surface area contributed by atoms with Crippen LogP contribution in [0.1, 0.15) is 63.8 Å². The summed E-state index contributed by atoms with van der Waals surface area (Å²) in [5.74, 6) is 1.20. The van der Waals surface area contributed by atoms with E-state index < -0.39 is 0 Å². The molecule has 3 heteroatoms. The number of hydrogen-bond acceptors (Lipinski definition) is 3. The van der Waals surface area contributed by atoms with E-state index in [2.05, 4.69) is 209 Å². The molecule has 0 unspecified atom stereocenters. The van der Waals surface area contributed by atoms with Gasteiger partial charge in [-0.2, -0.15) is 0 Å². The van der Waals surface area contributed by atoms with Gasteiger partial charge in [0.15, 0.2) is 0 Å². The molecule has 56 heavy (non-hydrogen) atoms. The van der Waals surface area contributed by atoms with Crippen LogP contribution in [0.25, 0.3) is 33.1 Å². The average Bonchev–Trinajstić information content (AvgIpc) is 3.68. The molecular formula is C53H50N2O. The van der Waals surface area contributed by atoms with Gasteiger partial charge in [-0.1, -0.05) is 126 Å². The molecule has 0 saturated heterocycles. The molecule has 0 amide bonds. The number of para-hydroxylation sites is 3. The molecule has 1 heterocycles. The molecule has 0 radical (unpaired) electrons. The van der Waals surface area contributed by atoms with Crippen LogP contribution in [0.2, 0.25) is 0 Å². The molecule has 0 atom stereocenters. The zero-order chi connectivity index (χ0) is 38.6. The summed E-state index contributed by atoms with van der Waals surface area (Å²) in [6.07, 6.45) is 2.12. The van der Waals surface area contributed by atoms with Crippen molar-refractivity contribution in [1.82, 2.24) is 0 Å². The van der Waals surface area contributed by atoms with E-state index in [-0.39, 0.29) is 5.41 Å². The Morgan fingerprint density at radius 1 is 0.500 bits per heavy atom. The Morgan fingerprint density at radius 2 is 1.00 bits per heavy atom. The monoisotopic (exact) mass is 730 g/mol. The summed E-state index contributed by atoms with van der Waals surface area (Å²) in [5, 5.41) is 2.27. The van der Waals surface area contributed by atoms with Crippen LogP contribution in [0.5, 0.6) is 0 Å². The molecule has 9 rings (SSSR count). The third-order valence-corrected chi connectivity index (χ3v) is 11.4. The Bertz CT molecular complexity index is 2650. The predicted octanol–water partition coefficient (Wildman–Crippen LogP) is 15.2. The van der Waals surface area contributed by atoms with E-state index >= 15 is 0 Å². The van der Waals surface area contributed by atoms with Crippen molar-refractivity contribution in [2.75, 3.05) is 9.80 Å². The highest BCUT2D eigenvalue weighted by atomic mass is 16.3. The van der Waals surface area contributed by atoms with Crippen molar-refractivity contribution in [2.45, 2.75) is 59.8 Å². The zero-order valence-electron chi connectivity index (χ0n) is 33.4. The van der Waals surface area contributed by atoms with Crippen LogP contribution in [0.4, 0.5) is 34.1 Å². The van der Waals surface area contributed by atoms with E-state index in [0.717, 1.165) is 68.9 Å². The van der Waals surface area contributed by atoms with Crippen molar-refractivity contribution in [3.63, 3.8) is 0 Å². The van der Waals surface area contributed by atoms with Gasteiger partial charge in [0.05, 0.1) is 5.69 Å². The molecule has 0 saturated carbocycles. The molecule has 0 bridgehead atoms.